The van der Waals surface area contributed by atoms with Crippen molar-refractivity contribution >= 4 is 22.6 Å². The van der Waals surface area contributed by atoms with Crippen LogP contribution in [0.2, 0.25) is 0 Å². The second-order valence-electron chi connectivity index (χ2n) is 7.83. The molecule has 1 fully saturated rings. The highest BCUT2D eigenvalue weighted by atomic mass is 32.2. The molecule has 0 unspecified atom stereocenters. The van der Waals surface area contributed by atoms with Crippen molar-refractivity contribution in [2.24, 2.45) is 0 Å². The number of ether oxygens (including phenoxy) is 1. The van der Waals surface area contributed by atoms with Crippen LogP contribution < -0.4 is 14.9 Å². The van der Waals surface area contributed by atoms with Gasteiger partial charge in [-0.1, -0.05) is 24.3 Å². The van der Waals surface area contributed by atoms with Gasteiger partial charge in [0.1, 0.15) is 5.75 Å². The van der Waals surface area contributed by atoms with Crippen molar-refractivity contribution in [2.75, 3.05) is 7.11 Å². The Kier molecular flexibility index (Phi) is 5.60. The molecule has 8 heteroatoms. The normalized spacial score (nSPS) is 18.2. The summed E-state index contributed by atoms with van der Waals surface area (Å²) in [7, 11) is -2.57. The smallest absolute Gasteiger partial charge is 0.494 e. The summed E-state index contributed by atoms with van der Waals surface area (Å²) in [6.07, 6.45) is 0. The lowest BCUT2D eigenvalue weighted by atomic mass is 9.78. The zero-order valence-corrected chi connectivity index (χ0v) is 17.7. The van der Waals surface area contributed by atoms with Gasteiger partial charge in [0, 0.05) is 6.54 Å². The average Bonchev–Trinajstić information content (AvgIpc) is 2.88. The summed E-state index contributed by atoms with van der Waals surface area (Å²) in [5.74, 6) is 0.606. The number of hydrogen-bond acceptors (Lipinski definition) is 5. The standard InChI is InChI=1S/C20H26BNO5S/c1-19(2)20(3,4)27-21(26-19)16-8-6-7-15(13-16)14-22-28(23,24)18-11-9-17(25-5)10-12-18/h6-13,22H,14H2,1-5H3. The van der Waals surface area contributed by atoms with E-state index in [1.54, 1.807) is 12.1 Å². The number of hydrogen-bond donors (Lipinski definition) is 1. The van der Waals surface area contributed by atoms with Gasteiger partial charge in [-0.15, -0.1) is 0 Å². The molecule has 1 aliphatic rings. The molecule has 0 atom stereocenters. The van der Waals surface area contributed by atoms with E-state index < -0.39 is 28.3 Å². The van der Waals surface area contributed by atoms with E-state index >= 15 is 0 Å². The SMILES string of the molecule is COc1ccc(S(=O)(=O)NCc2cccc(B3OC(C)(C)C(C)(C)O3)c2)cc1. The van der Waals surface area contributed by atoms with Gasteiger partial charge in [-0.05, 0) is 63.0 Å². The van der Waals surface area contributed by atoms with Crippen LogP contribution in [-0.2, 0) is 25.9 Å². The molecule has 2 aromatic rings. The highest BCUT2D eigenvalue weighted by Crippen LogP contribution is 2.36. The topological polar surface area (TPSA) is 73.9 Å². The molecule has 0 amide bonds. The zero-order valence-electron chi connectivity index (χ0n) is 16.9. The average molecular weight is 403 g/mol. The zero-order chi connectivity index (χ0) is 20.6. The van der Waals surface area contributed by atoms with Crippen molar-refractivity contribution in [1.82, 2.24) is 4.72 Å². The molecule has 150 valence electrons. The number of rotatable bonds is 6. The molecule has 1 aliphatic heterocycles. The Morgan fingerprint density at radius 3 is 2.18 bits per heavy atom. The Labute approximate surface area is 167 Å². The van der Waals surface area contributed by atoms with Gasteiger partial charge in [-0.3, -0.25) is 0 Å². The van der Waals surface area contributed by atoms with Crippen LogP contribution >= 0.6 is 0 Å². The molecule has 0 aliphatic carbocycles. The van der Waals surface area contributed by atoms with Crippen LogP contribution in [-0.4, -0.2) is 33.8 Å². The van der Waals surface area contributed by atoms with Gasteiger partial charge in [0.15, 0.2) is 0 Å². The van der Waals surface area contributed by atoms with E-state index in [-0.39, 0.29) is 11.4 Å². The molecular formula is C20H26BNO5S. The first-order chi connectivity index (χ1) is 13.0. The fourth-order valence-corrected chi connectivity index (χ4v) is 3.86. The van der Waals surface area contributed by atoms with Crippen LogP contribution in [0.15, 0.2) is 53.4 Å². The molecular weight excluding hydrogens is 377 g/mol. The van der Waals surface area contributed by atoms with E-state index in [0.717, 1.165) is 11.0 Å². The van der Waals surface area contributed by atoms with Gasteiger partial charge in [-0.25, -0.2) is 13.1 Å². The molecule has 2 aromatic carbocycles. The Hall–Kier alpha value is -1.87. The summed E-state index contributed by atoms with van der Waals surface area (Å²) >= 11 is 0. The summed E-state index contributed by atoms with van der Waals surface area (Å²) in [5, 5.41) is 0. The third-order valence-electron chi connectivity index (χ3n) is 5.31. The molecule has 0 spiro atoms. The third kappa shape index (κ3) is 4.25. The van der Waals surface area contributed by atoms with Crippen LogP contribution in [0.3, 0.4) is 0 Å². The Balaban J connectivity index is 1.71. The van der Waals surface area contributed by atoms with E-state index in [1.807, 2.05) is 52.0 Å². The van der Waals surface area contributed by atoms with Crippen LogP contribution in [0.5, 0.6) is 5.75 Å². The fourth-order valence-electron chi connectivity index (χ4n) is 2.85. The maximum absolute atomic E-state index is 12.5. The van der Waals surface area contributed by atoms with Crippen molar-refractivity contribution in [3.63, 3.8) is 0 Å². The summed E-state index contributed by atoms with van der Waals surface area (Å²) in [5.41, 5.74) is 0.830. The first kappa shape index (κ1) is 20.9. The lowest BCUT2D eigenvalue weighted by molar-refractivity contribution is 0.00578. The predicted octanol–water partition coefficient (Wildman–Crippen LogP) is 2.47. The molecule has 28 heavy (non-hydrogen) atoms. The molecule has 3 rings (SSSR count). The van der Waals surface area contributed by atoms with Gasteiger partial charge in [0.25, 0.3) is 0 Å². The van der Waals surface area contributed by atoms with Gasteiger partial charge >= 0.3 is 7.12 Å². The van der Waals surface area contributed by atoms with Crippen molar-refractivity contribution in [2.45, 2.75) is 50.3 Å². The second kappa shape index (κ2) is 7.52. The van der Waals surface area contributed by atoms with E-state index in [0.29, 0.717) is 5.75 Å². The minimum atomic E-state index is -3.62. The maximum Gasteiger partial charge on any atom is 0.494 e. The molecule has 1 saturated heterocycles. The maximum atomic E-state index is 12.5. The summed E-state index contributed by atoms with van der Waals surface area (Å²) < 4.78 is 44.9. The van der Waals surface area contributed by atoms with Gasteiger partial charge in [-0.2, -0.15) is 0 Å². The molecule has 0 radical (unpaired) electrons. The summed E-state index contributed by atoms with van der Waals surface area (Å²) in [4.78, 5) is 0.190. The minimum Gasteiger partial charge on any atom is -0.497 e. The van der Waals surface area contributed by atoms with E-state index in [2.05, 4.69) is 4.72 Å². The quantitative estimate of drug-likeness (QED) is 0.751. The Morgan fingerprint density at radius 1 is 1.00 bits per heavy atom. The van der Waals surface area contributed by atoms with Crippen molar-refractivity contribution in [1.29, 1.82) is 0 Å². The van der Waals surface area contributed by atoms with Gasteiger partial charge in [0.05, 0.1) is 23.2 Å². The first-order valence-electron chi connectivity index (χ1n) is 9.12. The molecule has 6 nitrogen and oxygen atoms in total. The van der Waals surface area contributed by atoms with Crippen molar-refractivity contribution in [3.05, 3.63) is 54.1 Å². The fraction of sp³-hybridized carbons (Fsp3) is 0.400. The van der Waals surface area contributed by atoms with E-state index in [9.17, 15) is 8.42 Å². The number of sulfonamides is 1. The molecule has 1 N–H and O–H groups in total. The third-order valence-corrected chi connectivity index (χ3v) is 6.73. The summed E-state index contributed by atoms with van der Waals surface area (Å²) in [6, 6.07) is 13.8. The molecule has 0 saturated carbocycles. The molecule has 1 heterocycles. The lowest BCUT2D eigenvalue weighted by Crippen LogP contribution is -2.41. The molecule has 0 bridgehead atoms. The predicted molar refractivity (Wildman–Crippen MR) is 109 cm³/mol. The second-order valence-corrected chi connectivity index (χ2v) is 9.60. The van der Waals surface area contributed by atoms with Gasteiger partial charge in [0.2, 0.25) is 10.0 Å². The van der Waals surface area contributed by atoms with Crippen LogP contribution in [0.4, 0.5) is 0 Å². The largest absolute Gasteiger partial charge is 0.497 e. The molecule has 0 aromatic heterocycles. The van der Waals surface area contributed by atoms with Gasteiger partial charge < -0.3 is 14.0 Å². The number of benzene rings is 2. The number of methoxy groups -OCH3 is 1. The van der Waals surface area contributed by atoms with Crippen LogP contribution in [0, 0.1) is 0 Å². The highest BCUT2D eigenvalue weighted by molar-refractivity contribution is 7.89. The number of nitrogens with one attached hydrogen (secondary N) is 1. The Bertz CT molecular complexity index is 925. The monoisotopic (exact) mass is 403 g/mol. The van der Waals surface area contributed by atoms with Crippen LogP contribution in [0.1, 0.15) is 33.3 Å². The van der Waals surface area contributed by atoms with Crippen molar-refractivity contribution in [3.8, 4) is 5.75 Å². The van der Waals surface area contributed by atoms with E-state index in [1.165, 1.54) is 19.2 Å². The minimum absolute atomic E-state index is 0.168. The first-order valence-corrected chi connectivity index (χ1v) is 10.6. The van der Waals surface area contributed by atoms with Crippen LogP contribution in [0.25, 0.3) is 0 Å². The Morgan fingerprint density at radius 2 is 1.61 bits per heavy atom. The van der Waals surface area contributed by atoms with Crippen molar-refractivity contribution < 1.29 is 22.5 Å². The summed E-state index contributed by atoms with van der Waals surface area (Å²) in [6.45, 7) is 8.17. The van der Waals surface area contributed by atoms with E-state index in [4.69, 9.17) is 14.0 Å². The highest BCUT2D eigenvalue weighted by Gasteiger charge is 2.51. The lowest BCUT2D eigenvalue weighted by Gasteiger charge is -2.32.